The molecular weight excluding hydrogens is 418 g/mol. The molecule has 2 aromatic carbocycles. The Hall–Kier alpha value is -2.29. The highest BCUT2D eigenvalue weighted by atomic mass is 32.2. The molecule has 0 unspecified atom stereocenters. The molecule has 0 aliphatic carbocycles. The van der Waals surface area contributed by atoms with Crippen molar-refractivity contribution < 1.29 is 13.2 Å². The minimum absolute atomic E-state index is 0.162. The van der Waals surface area contributed by atoms with Gasteiger partial charge in [0, 0.05) is 25.7 Å². The fourth-order valence-corrected chi connectivity index (χ4v) is 6.39. The number of carbonyl (C=O) groups excluding carboxylic acids is 1. The van der Waals surface area contributed by atoms with Crippen molar-refractivity contribution in [2.24, 2.45) is 5.92 Å². The number of amides is 1. The van der Waals surface area contributed by atoms with Crippen LogP contribution in [0.4, 0.5) is 0 Å². The summed E-state index contributed by atoms with van der Waals surface area (Å²) in [4.78, 5) is 19.2. The average molecular weight is 444 g/mol. The largest absolute Gasteiger partial charge is 0.335 e. The monoisotopic (exact) mass is 443 g/mol. The van der Waals surface area contributed by atoms with Gasteiger partial charge in [0.05, 0.1) is 21.7 Å². The summed E-state index contributed by atoms with van der Waals surface area (Å²) < 4.78 is 28.4. The Labute approximate surface area is 181 Å². The van der Waals surface area contributed by atoms with Crippen molar-refractivity contribution in [2.75, 3.05) is 20.1 Å². The maximum atomic E-state index is 12.9. The molecule has 1 aliphatic rings. The summed E-state index contributed by atoms with van der Waals surface area (Å²) in [7, 11) is -1.79. The van der Waals surface area contributed by atoms with Gasteiger partial charge in [0.2, 0.25) is 10.0 Å². The number of fused-ring (bicyclic) bond motifs is 1. The Bertz CT molecular complexity index is 1120. The topological polar surface area (TPSA) is 70.6 Å². The number of nitrogens with zero attached hydrogens (tertiary/aromatic N) is 3. The van der Waals surface area contributed by atoms with Crippen LogP contribution < -0.4 is 0 Å². The quantitative estimate of drug-likeness (QED) is 0.598. The van der Waals surface area contributed by atoms with Gasteiger partial charge < -0.3 is 4.90 Å². The first-order valence-electron chi connectivity index (χ1n) is 10.0. The summed E-state index contributed by atoms with van der Waals surface area (Å²) in [6.45, 7) is 3.58. The van der Waals surface area contributed by atoms with Gasteiger partial charge in [-0.05, 0) is 55.2 Å². The van der Waals surface area contributed by atoms with Gasteiger partial charge in [0.1, 0.15) is 5.01 Å². The summed E-state index contributed by atoms with van der Waals surface area (Å²) in [5.41, 5.74) is 1.39. The summed E-state index contributed by atoms with van der Waals surface area (Å²) >= 11 is 1.57. The first-order valence-corrected chi connectivity index (χ1v) is 12.3. The van der Waals surface area contributed by atoms with Crippen molar-refractivity contribution in [3.05, 3.63) is 59.1 Å². The van der Waals surface area contributed by atoms with Crippen LogP contribution >= 0.6 is 11.3 Å². The number of hydrogen-bond donors (Lipinski definition) is 0. The molecule has 158 valence electrons. The third kappa shape index (κ3) is 4.26. The van der Waals surface area contributed by atoms with Gasteiger partial charge in [-0.2, -0.15) is 4.31 Å². The first-order chi connectivity index (χ1) is 14.3. The number of hydrogen-bond acceptors (Lipinski definition) is 5. The van der Waals surface area contributed by atoms with E-state index in [0.717, 1.165) is 28.1 Å². The van der Waals surface area contributed by atoms with Crippen LogP contribution in [0.5, 0.6) is 0 Å². The Morgan fingerprint density at radius 3 is 2.63 bits per heavy atom. The van der Waals surface area contributed by atoms with E-state index in [1.807, 2.05) is 24.3 Å². The highest BCUT2D eigenvalue weighted by molar-refractivity contribution is 7.89. The molecule has 0 radical (unpaired) electrons. The van der Waals surface area contributed by atoms with Gasteiger partial charge in [0.25, 0.3) is 5.91 Å². The van der Waals surface area contributed by atoms with Crippen molar-refractivity contribution >= 4 is 37.5 Å². The molecular formula is C22H25N3O3S2. The van der Waals surface area contributed by atoms with E-state index in [9.17, 15) is 13.2 Å². The second kappa shape index (κ2) is 8.45. The summed E-state index contributed by atoms with van der Waals surface area (Å²) in [5.74, 6) is 0.204. The number of thiazole rings is 1. The van der Waals surface area contributed by atoms with Crippen LogP contribution in [0, 0.1) is 5.92 Å². The van der Waals surface area contributed by atoms with Crippen LogP contribution in [-0.4, -0.2) is 48.7 Å². The third-order valence-electron chi connectivity index (χ3n) is 5.42. The van der Waals surface area contributed by atoms with Crippen molar-refractivity contribution in [1.29, 1.82) is 0 Å². The number of rotatable bonds is 5. The van der Waals surface area contributed by atoms with Gasteiger partial charge in [-0.1, -0.05) is 19.1 Å². The first kappa shape index (κ1) is 21.0. The number of piperidine rings is 1. The van der Waals surface area contributed by atoms with Crippen LogP contribution in [0.25, 0.3) is 10.2 Å². The van der Waals surface area contributed by atoms with Crippen molar-refractivity contribution in [3.63, 3.8) is 0 Å². The maximum absolute atomic E-state index is 12.9. The molecule has 6 nitrogen and oxygen atoms in total. The Morgan fingerprint density at radius 2 is 1.93 bits per heavy atom. The minimum atomic E-state index is -3.52. The van der Waals surface area contributed by atoms with Crippen molar-refractivity contribution in [2.45, 2.75) is 31.2 Å². The lowest BCUT2D eigenvalue weighted by Gasteiger charge is -2.30. The smallest absolute Gasteiger partial charge is 0.253 e. The van der Waals surface area contributed by atoms with E-state index >= 15 is 0 Å². The van der Waals surface area contributed by atoms with Crippen LogP contribution in [-0.2, 0) is 16.6 Å². The molecule has 1 atom stereocenters. The molecule has 1 aliphatic heterocycles. The van der Waals surface area contributed by atoms with Crippen LogP contribution in [0.3, 0.4) is 0 Å². The second-order valence-corrected chi connectivity index (χ2v) is 10.9. The zero-order valence-electron chi connectivity index (χ0n) is 17.1. The number of carbonyl (C=O) groups is 1. The lowest BCUT2D eigenvalue weighted by Crippen LogP contribution is -2.39. The van der Waals surface area contributed by atoms with Gasteiger partial charge in [-0.25, -0.2) is 13.4 Å². The molecule has 30 heavy (non-hydrogen) atoms. The van der Waals surface area contributed by atoms with Crippen LogP contribution in [0.1, 0.15) is 35.1 Å². The minimum Gasteiger partial charge on any atom is -0.335 e. The van der Waals surface area contributed by atoms with Crippen LogP contribution in [0.2, 0.25) is 0 Å². The number of benzene rings is 2. The van der Waals surface area contributed by atoms with E-state index in [-0.39, 0.29) is 10.8 Å². The molecule has 0 N–H and O–H groups in total. The lowest BCUT2D eigenvalue weighted by atomic mass is 10.0. The molecule has 1 aromatic heterocycles. The molecule has 1 saturated heterocycles. The second-order valence-electron chi connectivity index (χ2n) is 7.87. The van der Waals surface area contributed by atoms with Crippen molar-refractivity contribution in [3.8, 4) is 0 Å². The van der Waals surface area contributed by atoms with Gasteiger partial charge in [-0.15, -0.1) is 11.3 Å². The van der Waals surface area contributed by atoms with E-state index in [1.165, 1.54) is 12.1 Å². The summed E-state index contributed by atoms with van der Waals surface area (Å²) in [6, 6.07) is 14.1. The number of sulfonamides is 1. The van der Waals surface area contributed by atoms with E-state index in [0.29, 0.717) is 31.1 Å². The van der Waals surface area contributed by atoms with Crippen LogP contribution in [0.15, 0.2) is 53.4 Å². The Kier molecular flexibility index (Phi) is 5.90. The highest BCUT2D eigenvalue weighted by Crippen LogP contribution is 2.25. The number of para-hydroxylation sites is 1. The average Bonchev–Trinajstić information content (AvgIpc) is 3.15. The Balaban J connectivity index is 1.46. The molecule has 8 heteroatoms. The predicted octanol–water partition coefficient (Wildman–Crippen LogP) is 3.99. The maximum Gasteiger partial charge on any atom is 0.253 e. The summed E-state index contributed by atoms with van der Waals surface area (Å²) in [5, 5.41) is 0.866. The number of aromatic nitrogens is 1. The third-order valence-corrected chi connectivity index (χ3v) is 8.32. The Morgan fingerprint density at radius 1 is 1.20 bits per heavy atom. The zero-order chi connectivity index (χ0) is 21.3. The molecule has 0 saturated carbocycles. The molecule has 4 rings (SSSR count). The predicted molar refractivity (Wildman–Crippen MR) is 119 cm³/mol. The normalized spacial score (nSPS) is 17.9. The standard InChI is InChI=1S/C22H25N3O3S2/c1-16-6-5-13-25(14-16)30(27,28)18-11-9-17(10-12-18)22(26)24(2)15-21-23-19-7-3-4-8-20(19)29-21/h3-4,7-12,16H,5-6,13-15H2,1-2H3/t16-/m0/s1. The van der Waals surface area contributed by atoms with Gasteiger partial charge in [0.15, 0.2) is 0 Å². The van der Waals surface area contributed by atoms with Gasteiger partial charge in [-0.3, -0.25) is 4.79 Å². The van der Waals surface area contributed by atoms with E-state index < -0.39 is 10.0 Å². The summed E-state index contributed by atoms with van der Waals surface area (Å²) in [6.07, 6.45) is 1.94. The van der Waals surface area contributed by atoms with E-state index in [4.69, 9.17) is 0 Å². The lowest BCUT2D eigenvalue weighted by molar-refractivity contribution is 0.0785. The molecule has 0 spiro atoms. The molecule has 2 heterocycles. The fourth-order valence-electron chi connectivity index (χ4n) is 3.77. The SMILES string of the molecule is C[C@H]1CCCN(S(=O)(=O)c2ccc(C(=O)N(C)Cc3nc4ccccc4s3)cc2)C1. The van der Waals surface area contributed by atoms with Crippen molar-refractivity contribution in [1.82, 2.24) is 14.2 Å². The van der Waals surface area contributed by atoms with Gasteiger partial charge >= 0.3 is 0 Å². The molecule has 3 aromatic rings. The molecule has 1 fully saturated rings. The highest BCUT2D eigenvalue weighted by Gasteiger charge is 2.28. The van der Waals surface area contributed by atoms with E-state index in [2.05, 4.69) is 11.9 Å². The fraction of sp³-hybridized carbons (Fsp3) is 0.364. The molecule has 1 amide bonds. The zero-order valence-corrected chi connectivity index (χ0v) is 18.7. The molecule has 0 bridgehead atoms. The van der Waals surface area contributed by atoms with E-state index in [1.54, 1.807) is 39.7 Å².